The van der Waals surface area contributed by atoms with Crippen LogP contribution in [0.2, 0.25) is 0 Å². The topological polar surface area (TPSA) is 75.7 Å². The minimum atomic E-state index is -3.80. The van der Waals surface area contributed by atoms with Crippen LogP contribution in [-0.2, 0) is 10.0 Å². The fourth-order valence-electron chi connectivity index (χ4n) is 4.01. The molecule has 8 heteroatoms. The predicted octanol–water partition coefficient (Wildman–Crippen LogP) is 5.24. The Labute approximate surface area is 192 Å². The number of nitrogens with zero attached hydrogens (tertiary/aromatic N) is 1. The lowest BCUT2D eigenvalue weighted by atomic mass is 10.1. The van der Waals surface area contributed by atoms with Crippen molar-refractivity contribution < 1.29 is 17.9 Å². The van der Waals surface area contributed by atoms with Gasteiger partial charge in [-0.2, -0.15) is 4.31 Å². The Hall–Kier alpha value is -2.68. The molecule has 0 bridgehead atoms. The smallest absolute Gasteiger partial charge is 0.255 e. The van der Waals surface area contributed by atoms with Crippen molar-refractivity contribution >= 4 is 33.0 Å². The van der Waals surface area contributed by atoms with Gasteiger partial charge in [0.05, 0.1) is 7.11 Å². The Morgan fingerprint density at radius 3 is 2.66 bits per heavy atom. The van der Waals surface area contributed by atoms with Crippen molar-refractivity contribution in [1.82, 2.24) is 4.31 Å². The molecule has 0 saturated carbocycles. The Morgan fingerprint density at radius 2 is 1.94 bits per heavy atom. The van der Waals surface area contributed by atoms with Crippen LogP contribution in [0.1, 0.15) is 36.5 Å². The summed E-state index contributed by atoms with van der Waals surface area (Å²) in [6, 6.07) is 16.0. The van der Waals surface area contributed by atoms with Gasteiger partial charge in [-0.15, -0.1) is 11.3 Å². The molecule has 0 radical (unpaired) electrons. The van der Waals surface area contributed by atoms with Gasteiger partial charge in [0, 0.05) is 34.3 Å². The normalized spacial score (nSPS) is 17.1. The van der Waals surface area contributed by atoms with Crippen LogP contribution in [0.4, 0.5) is 5.69 Å². The molecular weight excluding hydrogens is 444 g/mol. The molecule has 3 aromatic rings. The molecule has 0 aliphatic carbocycles. The molecule has 1 fully saturated rings. The van der Waals surface area contributed by atoms with Crippen molar-refractivity contribution in [3.63, 3.8) is 0 Å². The number of ether oxygens (including phenoxy) is 1. The lowest BCUT2D eigenvalue weighted by Crippen LogP contribution is -2.42. The Kier molecular flexibility index (Phi) is 6.64. The lowest BCUT2D eigenvalue weighted by Gasteiger charge is -2.32. The third kappa shape index (κ3) is 4.44. The number of nitrogens with one attached hydrogen (secondary N) is 1. The molecule has 1 aromatic heterocycles. The van der Waals surface area contributed by atoms with Gasteiger partial charge in [0.2, 0.25) is 10.0 Å². The highest BCUT2D eigenvalue weighted by Crippen LogP contribution is 2.34. The molecule has 1 amide bonds. The van der Waals surface area contributed by atoms with Gasteiger partial charge in [-0.25, -0.2) is 8.42 Å². The van der Waals surface area contributed by atoms with Crippen LogP contribution in [-0.4, -0.2) is 38.3 Å². The zero-order valence-electron chi connectivity index (χ0n) is 18.1. The number of methoxy groups -OCH3 is 1. The maximum Gasteiger partial charge on any atom is 0.255 e. The van der Waals surface area contributed by atoms with Crippen LogP contribution in [0.5, 0.6) is 5.75 Å². The van der Waals surface area contributed by atoms with Crippen molar-refractivity contribution in [2.75, 3.05) is 19.0 Å². The Balaban J connectivity index is 1.67. The first-order valence-corrected chi connectivity index (χ1v) is 12.9. The summed E-state index contributed by atoms with van der Waals surface area (Å²) in [7, 11) is -2.36. The van der Waals surface area contributed by atoms with E-state index in [-0.39, 0.29) is 28.2 Å². The van der Waals surface area contributed by atoms with Crippen molar-refractivity contribution in [2.24, 2.45) is 0 Å². The number of sulfonamides is 1. The van der Waals surface area contributed by atoms with Crippen LogP contribution in [0.15, 0.2) is 64.9 Å². The molecule has 0 spiro atoms. The van der Waals surface area contributed by atoms with Crippen molar-refractivity contribution in [2.45, 2.75) is 37.1 Å². The van der Waals surface area contributed by atoms with Crippen LogP contribution < -0.4 is 10.1 Å². The van der Waals surface area contributed by atoms with E-state index in [2.05, 4.69) is 5.32 Å². The second-order valence-corrected chi connectivity index (χ2v) is 10.6. The fourth-order valence-corrected chi connectivity index (χ4v) is 6.66. The van der Waals surface area contributed by atoms with E-state index >= 15 is 0 Å². The van der Waals surface area contributed by atoms with E-state index < -0.39 is 10.0 Å². The average Bonchev–Trinajstić information content (AvgIpc) is 3.34. The van der Waals surface area contributed by atoms with Crippen molar-refractivity contribution in [3.8, 4) is 16.2 Å². The molecule has 1 aliphatic heterocycles. The van der Waals surface area contributed by atoms with E-state index in [4.69, 9.17) is 4.74 Å². The van der Waals surface area contributed by atoms with Crippen LogP contribution in [0.3, 0.4) is 0 Å². The molecule has 1 atom stereocenters. The van der Waals surface area contributed by atoms with E-state index in [1.807, 2.05) is 48.7 Å². The first-order valence-electron chi connectivity index (χ1n) is 10.6. The first-order chi connectivity index (χ1) is 15.4. The molecule has 4 rings (SSSR count). The maximum atomic E-state index is 13.4. The number of amides is 1. The number of para-hydroxylation sites is 1. The lowest BCUT2D eigenvalue weighted by molar-refractivity contribution is 0.102. The maximum absolute atomic E-state index is 13.4. The molecule has 2 aromatic carbocycles. The van der Waals surface area contributed by atoms with Gasteiger partial charge in [0.25, 0.3) is 5.91 Å². The SMILES string of the molecule is COc1ccc(C(=O)Nc2ccccc2-c2cccs2)cc1S(=O)(=O)N1CCCCC1C. The number of thiophene rings is 1. The van der Waals surface area contributed by atoms with E-state index in [1.54, 1.807) is 23.5 Å². The van der Waals surface area contributed by atoms with Crippen LogP contribution >= 0.6 is 11.3 Å². The molecule has 32 heavy (non-hydrogen) atoms. The minimum absolute atomic E-state index is 0.0212. The van der Waals surface area contributed by atoms with Gasteiger partial charge in [-0.1, -0.05) is 30.7 Å². The second-order valence-electron chi connectivity index (χ2n) is 7.80. The van der Waals surface area contributed by atoms with Gasteiger partial charge < -0.3 is 10.1 Å². The Bertz CT molecular complexity index is 1210. The Morgan fingerprint density at radius 1 is 1.12 bits per heavy atom. The molecule has 168 valence electrons. The molecule has 2 heterocycles. The number of benzene rings is 2. The molecule has 6 nitrogen and oxygen atoms in total. The van der Waals surface area contributed by atoms with Gasteiger partial charge in [0.1, 0.15) is 10.6 Å². The highest BCUT2D eigenvalue weighted by atomic mass is 32.2. The largest absolute Gasteiger partial charge is 0.495 e. The first kappa shape index (κ1) is 22.5. The van der Waals surface area contributed by atoms with Gasteiger partial charge >= 0.3 is 0 Å². The number of piperidine rings is 1. The van der Waals surface area contributed by atoms with Gasteiger partial charge in [0.15, 0.2) is 0 Å². The molecule has 1 unspecified atom stereocenters. The predicted molar refractivity (Wildman–Crippen MR) is 128 cm³/mol. The minimum Gasteiger partial charge on any atom is -0.495 e. The highest BCUT2D eigenvalue weighted by Gasteiger charge is 2.33. The zero-order valence-corrected chi connectivity index (χ0v) is 19.7. The fraction of sp³-hybridized carbons (Fsp3) is 0.292. The van der Waals surface area contributed by atoms with E-state index in [0.29, 0.717) is 12.2 Å². The summed E-state index contributed by atoms with van der Waals surface area (Å²) in [6.45, 7) is 2.39. The number of carbonyl (C=O) groups excluding carboxylic acids is 1. The summed E-state index contributed by atoms with van der Waals surface area (Å²) in [4.78, 5) is 14.2. The summed E-state index contributed by atoms with van der Waals surface area (Å²) in [5.41, 5.74) is 1.85. The molecule has 1 saturated heterocycles. The summed E-state index contributed by atoms with van der Waals surface area (Å²) in [6.07, 6.45) is 2.66. The summed E-state index contributed by atoms with van der Waals surface area (Å²) >= 11 is 1.59. The summed E-state index contributed by atoms with van der Waals surface area (Å²) < 4.78 is 33.7. The quantitative estimate of drug-likeness (QED) is 0.535. The van der Waals surface area contributed by atoms with Gasteiger partial charge in [-0.3, -0.25) is 4.79 Å². The third-order valence-electron chi connectivity index (χ3n) is 5.72. The van der Waals surface area contributed by atoms with E-state index in [0.717, 1.165) is 29.7 Å². The summed E-state index contributed by atoms with van der Waals surface area (Å²) in [5, 5.41) is 4.92. The number of anilines is 1. The molecular formula is C24H26N2O4S2. The third-order valence-corrected chi connectivity index (χ3v) is 8.65. The van der Waals surface area contributed by atoms with Crippen molar-refractivity contribution in [3.05, 3.63) is 65.5 Å². The standard InChI is InChI=1S/C24H26N2O4S2/c1-17-8-5-6-14-26(17)32(28,29)23-16-18(12-13-21(23)30-2)24(27)25-20-10-4-3-9-19(20)22-11-7-15-31-22/h3-4,7,9-13,15-17H,5-6,8,14H2,1-2H3,(H,25,27). The second kappa shape index (κ2) is 9.44. The summed E-state index contributed by atoms with van der Waals surface area (Å²) in [5.74, 6) is -0.141. The van der Waals surface area contributed by atoms with E-state index in [1.165, 1.54) is 17.5 Å². The molecule has 1 aliphatic rings. The molecule has 1 N–H and O–H groups in total. The number of hydrogen-bond acceptors (Lipinski definition) is 5. The highest BCUT2D eigenvalue weighted by molar-refractivity contribution is 7.89. The van der Waals surface area contributed by atoms with E-state index in [9.17, 15) is 13.2 Å². The monoisotopic (exact) mass is 470 g/mol. The van der Waals surface area contributed by atoms with Crippen LogP contribution in [0.25, 0.3) is 10.4 Å². The average molecular weight is 471 g/mol. The zero-order chi connectivity index (χ0) is 22.7. The number of rotatable bonds is 6. The number of carbonyl (C=O) groups is 1. The number of hydrogen-bond donors (Lipinski definition) is 1. The van der Waals surface area contributed by atoms with Crippen molar-refractivity contribution in [1.29, 1.82) is 0 Å². The van der Waals surface area contributed by atoms with Crippen LogP contribution in [0, 0.1) is 0 Å². The van der Waals surface area contributed by atoms with Gasteiger partial charge in [-0.05, 0) is 55.5 Å².